The molecule has 1 aromatic heterocycles. The van der Waals surface area contributed by atoms with Gasteiger partial charge in [0.25, 0.3) is 5.91 Å². The van der Waals surface area contributed by atoms with Crippen molar-refractivity contribution in [2.24, 2.45) is 5.92 Å². The average molecular weight is 405 g/mol. The number of halogens is 1. The number of hydrogen-bond donors (Lipinski definition) is 1. The molecular weight excluding hydrogens is 376 g/mol. The number of nitrogens with one attached hydrogen (secondary N) is 1. The fourth-order valence-corrected chi connectivity index (χ4v) is 3.63. The summed E-state index contributed by atoms with van der Waals surface area (Å²) in [6.07, 6.45) is 2.21. The highest BCUT2D eigenvalue weighted by Gasteiger charge is 2.21. The normalized spacial score (nSPS) is 15.9. The van der Waals surface area contributed by atoms with Gasteiger partial charge in [-0.25, -0.2) is 9.67 Å². The summed E-state index contributed by atoms with van der Waals surface area (Å²) in [7, 11) is 4.20. The number of benzene rings is 1. The number of likely N-dealkylation sites (tertiary alicyclic amines) is 1. The van der Waals surface area contributed by atoms with E-state index in [2.05, 4.69) is 39.3 Å². The molecule has 0 saturated carbocycles. The van der Waals surface area contributed by atoms with Crippen molar-refractivity contribution in [3.8, 4) is 5.69 Å². The molecule has 1 aromatic carbocycles. The highest BCUT2D eigenvalue weighted by Crippen LogP contribution is 2.20. The number of para-hydroxylation sites is 1. The number of piperidine rings is 1. The summed E-state index contributed by atoms with van der Waals surface area (Å²) in [5, 5.41) is 7.93. The molecule has 8 heteroatoms. The summed E-state index contributed by atoms with van der Waals surface area (Å²) in [6.45, 7) is 6.85. The molecule has 1 aliphatic heterocycles. The zero-order chi connectivity index (χ0) is 20.1. The highest BCUT2D eigenvalue weighted by molar-refractivity contribution is 6.32. The Hall–Kier alpha value is -1.96. The van der Waals surface area contributed by atoms with E-state index in [-0.39, 0.29) is 11.7 Å². The van der Waals surface area contributed by atoms with Gasteiger partial charge < -0.3 is 15.1 Å². The largest absolute Gasteiger partial charge is 0.349 e. The van der Waals surface area contributed by atoms with Crippen LogP contribution in [-0.2, 0) is 0 Å². The minimum Gasteiger partial charge on any atom is -0.349 e. The Bertz CT molecular complexity index is 798. The second-order valence-corrected chi connectivity index (χ2v) is 8.05. The number of aryl methyl sites for hydroxylation is 1. The predicted molar refractivity (Wildman–Crippen MR) is 111 cm³/mol. The molecule has 0 spiro atoms. The van der Waals surface area contributed by atoms with Gasteiger partial charge in [0.05, 0.1) is 10.7 Å². The lowest BCUT2D eigenvalue weighted by Crippen LogP contribution is -2.41. The van der Waals surface area contributed by atoms with Crippen LogP contribution < -0.4 is 5.32 Å². The van der Waals surface area contributed by atoms with Crippen molar-refractivity contribution in [3.05, 3.63) is 40.9 Å². The third-order valence-corrected chi connectivity index (χ3v) is 5.49. The maximum atomic E-state index is 12.5. The van der Waals surface area contributed by atoms with Crippen LogP contribution in [0.1, 0.15) is 29.3 Å². The molecule has 1 amide bonds. The fraction of sp³-hybridized carbons (Fsp3) is 0.550. The number of hydrogen-bond acceptors (Lipinski definition) is 5. The lowest BCUT2D eigenvalue weighted by atomic mass is 9.97. The van der Waals surface area contributed by atoms with E-state index in [1.54, 1.807) is 10.7 Å². The van der Waals surface area contributed by atoms with Crippen LogP contribution >= 0.6 is 11.6 Å². The van der Waals surface area contributed by atoms with Crippen LogP contribution in [0.25, 0.3) is 5.69 Å². The predicted octanol–water partition coefficient (Wildman–Crippen LogP) is 2.23. The molecule has 2 aromatic rings. The summed E-state index contributed by atoms with van der Waals surface area (Å²) >= 11 is 6.24. The van der Waals surface area contributed by atoms with Gasteiger partial charge in [0, 0.05) is 19.6 Å². The Morgan fingerprint density at radius 1 is 1.29 bits per heavy atom. The Morgan fingerprint density at radius 2 is 2.00 bits per heavy atom. The third-order valence-electron chi connectivity index (χ3n) is 5.17. The lowest BCUT2D eigenvalue weighted by Gasteiger charge is -2.32. The maximum Gasteiger partial charge on any atom is 0.290 e. The second-order valence-electron chi connectivity index (χ2n) is 7.64. The highest BCUT2D eigenvalue weighted by atomic mass is 35.5. The van der Waals surface area contributed by atoms with E-state index >= 15 is 0 Å². The quantitative estimate of drug-likeness (QED) is 0.766. The molecule has 28 heavy (non-hydrogen) atoms. The first-order valence-corrected chi connectivity index (χ1v) is 10.2. The molecule has 0 aliphatic carbocycles. The van der Waals surface area contributed by atoms with E-state index in [0.29, 0.717) is 23.3 Å². The first kappa shape index (κ1) is 20.8. The number of carbonyl (C=O) groups is 1. The number of amides is 1. The van der Waals surface area contributed by atoms with Crippen molar-refractivity contribution in [1.82, 2.24) is 29.9 Å². The molecule has 1 fully saturated rings. The van der Waals surface area contributed by atoms with Crippen LogP contribution in [0.15, 0.2) is 24.3 Å². The topological polar surface area (TPSA) is 66.3 Å². The minimum absolute atomic E-state index is 0.181. The van der Waals surface area contributed by atoms with Gasteiger partial charge >= 0.3 is 0 Å². The van der Waals surface area contributed by atoms with E-state index < -0.39 is 0 Å². The average Bonchev–Trinajstić information content (AvgIpc) is 3.07. The first-order chi connectivity index (χ1) is 13.4. The van der Waals surface area contributed by atoms with E-state index in [1.165, 1.54) is 0 Å². The van der Waals surface area contributed by atoms with Gasteiger partial charge in [-0.3, -0.25) is 4.79 Å². The van der Waals surface area contributed by atoms with E-state index in [4.69, 9.17) is 11.6 Å². The van der Waals surface area contributed by atoms with Gasteiger partial charge in [-0.05, 0) is 65.0 Å². The van der Waals surface area contributed by atoms with Gasteiger partial charge in [-0.2, -0.15) is 0 Å². The number of rotatable bonds is 7. The lowest BCUT2D eigenvalue weighted by molar-refractivity contribution is 0.0924. The van der Waals surface area contributed by atoms with Gasteiger partial charge in [-0.1, -0.05) is 23.7 Å². The zero-order valence-electron chi connectivity index (χ0n) is 16.9. The van der Waals surface area contributed by atoms with Crippen LogP contribution in [-0.4, -0.2) is 77.3 Å². The van der Waals surface area contributed by atoms with Gasteiger partial charge in [-0.15, -0.1) is 5.10 Å². The third kappa shape index (κ3) is 5.31. The SMILES string of the molecule is Cc1nc(C(=O)NCC2CCN(CCN(C)C)CC2)nn1-c1ccccc1Cl. The Balaban J connectivity index is 1.51. The van der Waals surface area contributed by atoms with Crippen LogP contribution in [0.5, 0.6) is 0 Å². The number of aromatic nitrogens is 3. The van der Waals surface area contributed by atoms with Crippen molar-refractivity contribution in [2.75, 3.05) is 46.8 Å². The van der Waals surface area contributed by atoms with Crippen LogP contribution in [0, 0.1) is 12.8 Å². The van der Waals surface area contributed by atoms with Crippen LogP contribution in [0.4, 0.5) is 0 Å². The summed E-state index contributed by atoms with van der Waals surface area (Å²) in [5.74, 6) is 1.09. The molecule has 152 valence electrons. The van der Waals surface area contributed by atoms with Crippen LogP contribution in [0.3, 0.4) is 0 Å². The van der Waals surface area contributed by atoms with E-state index in [1.807, 2.05) is 25.1 Å². The molecule has 1 saturated heterocycles. The number of nitrogens with zero attached hydrogens (tertiary/aromatic N) is 5. The molecule has 0 radical (unpaired) electrons. The summed E-state index contributed by atoms with van der Waals surface area (Å²) < 4.78 is 1.61. The number of likely N-dealkylation sites (N-methyl/N-ethyl adjacent to an activating group) is 1. The fourth-order valence-electron chi connectivity index (χ4n) is 3.41. The van der Waals surface area contributed by atoms with Crippen molar-refractivity contribution < 1.29 is 4.79 Å². The molecule has 0 bridgehead atoms. The van der Waals surface area contributed by atoms with Crippen LogP contribution in [0.2, 0.25) is 5.02 Å². The molecule has 1 aliphatic rings. The Morgan fingerprint density at radius 3 is 2.68 bits per heavy atom. The van der Waals surface area contributed by atoms with Crippen molar-refractivity contribution in [2.45, 2.75) is 19.8 Å². The Kier molecular flexibility index (Phi) is 7.04. The maximum absolute atomic E-state index is 12.5. The smallest absolute Gasteiger partial charge is 0.290 e. The molecule has 7 nitrogen and oxygen atoms in total. The van der Waals surface area contributed by atoms with Gasteiger partial charge in [0.2, 0.25) is 5.82 Å². The zero-order valence-corrected chi connectivity index (χ0v) is 17.6. The Labute approximate surface area is 171 Å². The van der Waals surface area contributed by atoms with E-state index in [9.17, 15) is 4.79 Å². The second kappa shape index (κ2) is 9.49. The molecule has 0 unspecified atom stereocenters. The molecule has 2 heterocycles. The van der Waals surface area contributed by atoms with Crippen molar-refractivity contribution in [1.29, 1.82) is 0 Å². The van der Waals surface area contributed by atoms with Crippen molar-refractivity contribution >= 4 is 17.5 Å². The standard InChI is InChI=1S/C20H29ClN6O/c1-15-23-19(24-27(15)18-7-5-4-6-17(18)21)20(28)22-14-16-8-10-26(11-9-16)13-12-25(2)3/h4-7,16H,8-14H2,1-3H3,(H,22,28). The molecule has 3 rings (SSSR count). The molecular formula is C20H29ClN6O. The van der Waals surface area contributed by atoms with Crippen molar-refractivity contribution in [3.63, 3.8) is 0 Å². The van der Waals surface area contributed by atoms with Gasteiger partial charge in [0.1, 0.15) is 5.82 Å². The minimum atomic E-state index is -0.232. The van der Waals surface area contributed by atoms with E-state index in [0.717, 1.165) is 44.7 Å². The monoisotopic (exact) mass is 404 g/mol. The number of carbonyl (C=O) groups excluding carboxylic acids is 1. The summed E-state index contributed by atoms with van der Waals surface area (Å²) in [6, 6.07) is 7.39. The summed E-state index contributed by atoms with van der Waals surface area (Å²) in [4.78, 5) is 21.5. The van der Waals surface area contributed by atoms with Gasteiger partial charge in [0.15, 0.2) is 0 Å². The summed E-state index contributed by atoms with van der Waals surface area (Å²) in [5.41, 5.74) is 0.721. The first-order valence-electron chi connectivity index (χ1n) is 9.78. The molecule has 0 atom stereocenters. The molecule has 1 N–H and O–H groups in total.